The second-order valence-corrected chi connectivity index (χ2v) is 6.09. The molecule has 3 rings (SSSR count). The van der Waals surface area contributed by atoms with Crippen molar-refractivity contribution >= 4 is 17.6 Å². The fourth-order valence-electron chi connectivity index (χ4n) is 2.98. The number of esters is 2. The van der Waals surface area contributed by atoms with E-state index in [1.54, 1.807) is 30.4 Å². The van der Waals surface area contributed by atoms with E-state index in [9.17, 15) is 9.59 Å². The SMILES string of the molecule is COC(=O)C1=C(C(=O)OC)N(c2ccc(-c3cccc(OC)c3)cc2)C=CC=C1. The monoisotopic (exact) mass is 391 g/mol. The highest BCUT2D eigenvalue weighted by Gasteiger charge is 2.27. The molecule has 29 heavy (non-hydrogen) atoms. The maximum atomic E-state index is 12.5. The van der Waals surface area contributed by atoms with Gasteiger partial charge in [0.05, 0.1) is 26.9 Å². The van der Waals surface area contributed by atoms with Crippen LogP contribution < -0.4 is 9.64 Å². The number of methoxy groups -OCH3 is 3. The smallest absolute Gasteiger partial charge is 0.355 e. The molecule has 6 nitrogen and oxygen atoms in total. The van der Waals surface area contributed by atoms with E-state index >= 15 is 0 Å². The van der Waals surface area contributed by atoms with Gasteiger partial charge in [0.1, 0.15) is 11.4 Å². The van der Waals surface area contributed by atoms with E-state index in [-0.39, 0.29) is 11.3 Å². The van der Waals surface area contributed by atoms with E-state index in [4.69, 9.17) is 14.2 Å². The van der Waals surface area contributed by atoms with Crippen LogP contribution in [-0.4, -0.2) is 33.3 Å². The van der Waals surface area contributed by atoms with Crippen LogP contribution in [0.5, 0.6) is 5.75 Å². The third-order valence-corrected chi connectivity index (χ3v) is 4.44. The second kappa shape index (κ2) is 8.93. The summed E-state index contributed by atoms with van der Waals surface area (Å²) in [6.07, 6.45) is 6.62. The van der Waals surface area contributed by atoms with Gasteiger partial charge in [0.15, 0.2) is 0 Å². The van der Waals surface area contributed by atoms with Crippen molar-refractivity contribution in [3.05, 3.63) is 84.2 Å². The van der Waals surface area contributed by atoms with Crippen LogP contribution in [-0.2, 0) is 19.1 Å². The van der Waals surface area contributed by atoms with Crippen LogP contribution in [0.3, 0.4) is 0 Å². The van der Waals surface area contributed by atoms with Gasteiger partial charge in [-0.3, -0.25) is 0 Å². The molecule has 2 aromatic rings. The van der Waals surface area contributed by atoms with Gasteiger partial charge in [0, 0.05) is 11.9 Å². The Balaban J connectivity index is 2.03. The van der Waals surface area contributed by atoms with Crippen molar-refractivity contribution in [2.24, 2.45) is 0 Å². The molecule has 0 spiro atoms. The van der Waals surface area contributed by atoms with Crippen molar-refractivity contribution in [1.29, 1.82) is 0 Å². The average Bonchev–Trinajstić information content (AvgIpc) is 3.01. The molecule has 0 aromatic heterocycles. The zero-order valence-electron chi connectivity index (χ0n) is 16.4. The fraction of sp³-hybridized carbons (Fsp3) is 0.130. The van der Waals surface area contributed by atoms with Crippen molar-refractivity contribution in [2.75, 3.05) is 26.2 Å². The summed E-state index contributed by atoms with van der Waals surface area (Å²) in [4.78, 5) is 26.3. The summed E-state index contributed by atoms with van der Waals surface area (Å²) in [6, 6.07) is 15.3. The number of anilines is 1. The number of hydrogen-bond donors (Lipinski definition) is 0. The predicted octanol–water partition coefficient (Wildman–Crippen LogP) is 3.85. The summed E-state index contributed by atoms with van der Waals surface area (Å²) in [5.74, 6) is -0.492. The topological polar surface area (TPSA) is 65.1 Å². The molecular weight excluding hydrogens is 370 g/mol. The number of allylic oxidation sites excluding steroid dienone is 2. The van der Waals surface area contributed by atoms with Gasteiger partial charge in [0.2, 0.25) is 0 Å². The van der Waals surface area contributed by atoms with Gasteiger partial charge in [-0.05, 0) is 47.5 Å². The minimum Gasteiger partial charge on any atom is -0.497 e. The van der Waals surface area contributed by atoms with E-state index in [0.29, 0.717) is 5.69 Å². The van der Waals surface area contributed by atoms with Crippen molar-refractivity contribution in [2.45, 2.75) is 0 Å². The number of carbonyl (C=O) groups excluding carboxylic acids is 2. The third kappa shape index (κ3) is 4.21. The molecule has 0 fully saturated rings. The van der Waals surface area contributed by atoms with Gasteiger partial charge in [0.25, 0.3) is 0 Å². The van der Waals surface area contributed by atoms with Crippen LogP contribution in [0.2, 0.25) is 0 Å². The molecule has 0 amide bonds. The Kier molecular flexibility index (Phi) is 6.14. The normalized spacial score (nSPS) is 13.1. The molecule has 2 aromatic carbocycles. The Morgan fingerprint density at radius 2 is 1.55 bits per heavy atom. The summed E-state index contributed by atoms with van der Waals surface area (Å²) in [7, 11) is 4.16. The Morgan fingerprint density at radius 1 is 0.828 bits per heavy atom. The summed E-state index contributed by atoms with van der Waals surface area (Å²) in [6.45, 7) is 0. The molecule has 148 valence electrons. The first-order chi connectivity index (χ1) is 14.1. The zero-order chi connectivity index (χ0) is 20.8. The van der Waals surface area contributed by atoms with E-state index in [1.807, 2.05) is 48.5 Å². The average molecular weight is 391 g/mol. The number of benzene rings is 2. The molecule has 0 radical (unpaired) electrons. The summed E-state index contributed by atoms with van der Waals surface area (Å²) >= 11 is 0. The zero-order valence-corrected chi connectivity index (χ0v) is 16.4. The molecule has 0 saturated carbocycles. The molecule has 6 heteroatoms. The van der Waals surface area contributed by atoms with Crippen LogP contribution in [0, 0.1) is 0 Å². The van der Waals surface area contributed by atoms with Gasteiger partial charge < -0.3 is 19.1 Å². The maximum Gasteiger partial charge on any atom is 0.355 e. The van der Waals surface area contributed by atoms with Crippen molar-refractivity contribution in [3.63, 3.8) is 0 Å². The summed E-state index contributed by atoms with van der Waals surface area (Å²) in [5.41, 5.74) is 2.88. The first-order valence-corrected chi connectivity index (χ1v) is 8.88. The highest BCUT2D eigenvalue weighted by molar-refractivity contribution is 6.05. The van der Waals surface area contributed by atoms with E-state index < -0.39 is 11.9 Å². The molecule has 0 aliphatic carbocycles. The highest BCUT2D eigenvalue weighted by Crippen LogP contribution is 2.30. The number of rotatable bonds is 5. The lowest BCUT2D eigenvalue weighted by Crippen LogP contribution is -2.26. The molecular formula is C23H21NO5. The van der Waals surface area contributed by atoms with E-state index in [1.165, 1.54) is 20.3 Å². The van der Waals surface area contributed by atoms with Gasteiger partial charge >= 0.3 is 11.9 Å². The molecule has 0 bridgehead atoms. The van der Waals surface area contributed by atoms with E-state index in [2.05, 4.69) is 0 Å². The first-order valence-electron chi connectivity index (χ1n) is 8.88. The van der Waals surface area contributed by atoms with Crippen molar-refractivity contribution in [1.82, 2.24) is 0 Å². The Bertz CT molecular complexity index is 1000. The fourth-order valence-corrected chi connectivity index (χ4v) is 2.98. The van der Waals surface area contributed by atoms with Crippen molar-refractivity contribution in [3.8, 4) is 16.9 Å². The lowest BCUT2D eigenvalue weighted by atomic mass is 10.0. The van der Waals surface area contributed by atoms with Gasteiger partial charge in [-0.15, -0.1) is 0 Å². The summed E-state index contributed by atoms with van der Waals surface area (Å²) in [5, 5.41) is 0. The van der Waals surface area contributed by atoms with Gasteiger partial charge in [-0.25, -0.2) is 9.59 Å². The van der Waals surface area contributed by atoms with Gasteiger partial charge in [-0.1, -0.05) is 30.3 Å². The molecule has 1 aliphatic rings. The minimum absolute atomic E-state index is 0.0819. The largest absolute Gasteiger partial charge is 0.497 e. The number of ether oxygens (including phenoxy) is 3. The molecule has 0 atom stereocenters. The van der Waals surface area contributed by atoms with Crippen LogP contribution >= 0.6 is 0 Å². The molecule has 0 saturated heterocycles. The lowest BCUT2D eigenvalue weighted by molar-refractivity contribution is -0.139. The highest BCUT2D eigenvalue weighted by atomic mass is 16.5. The van der Waals surface area contributed by atoms with Crippen LogP contribution in [0.1, 0.15) is 0 Å². The lowest BCUT2D eigenvalue weighted by Gasteiger charge is -2.23. The first kappa shape index (κ1) is 19.9. The second-order valence-electron chi connectivity index (χ2n) is 6.09. The Hall–Kier alpha value is -3.80. The van der Waals surface area contributed by atoms with E-state index in [0.717, 1.165) is 16.9 Å². The quantitative estimate of drug-likeness (QED) is 0.722. The Labute approximate surface area is 169 Å². The number of nitrogens with zero attached hydrogens (tertiary/aromatic N) is 1. The van der Waals surface area contributed by atoms with Crippen LogP contribution in [0.25, 0.3) is 11.1 Å². The molecule has 1 aliphatic heterocycles. The van der Waals surface area contributed by atoms with Crippen LogP contribution in [0.4, 0.5) is 5.69 Å². The maximum absolute atomic E-state index is 12.5. The van der Waals surface area contributed by atoms with Crippen LogP contribution in [0.15, 0.2) is 84.2 Å². The molecule has 0 N–H and O–H groups in total. The predicted molar refractivity (Wildman–Crippen MR) is 110 cm³/mol. The number of carbonyl (C=O) groups is 2. The van der Waals surface area contributed by atoms with Crippen molar-refractivity contribution < 1.29 is 23.8 Å². The molecule has 0 unspecified atom stereocenters. The molecule has 1 heterocycles. The number of hydrogen-bond acceptors (Lipinski definition) is 6. The third-order valence-electron chi connectivity index (χ3n) is 4.44. The Morgan fingerprint density at radius 3 is 2.21 bits per heavy atom. The minimum atomic E-state index is -0.640. The standard InChI is InChI=1S/C23H21NO5/c1-27-19-8-6-7-17(15-19)16-10-12-18(13-11-16)24-14-5-4-9-20(22(25)28-2)21(24)23(26)29-3/h4-15H,1-3H3. The summed E-state index contributed by atoms with van der Waals surface area (Å²) < 4.78 is 15.0. The van der Waals surface area contributed by atoms with Gasteiger partial charge in [-0.2, -0.15) is 0 Å².